The number of benzene rings is 1. The van der Waals surface area contributed by atoms with Gasteiger partial charge < -0.3 is 5.32 Å². The zero-order chi connectivity index (χ0) is 14.0. The number of anilines is 2. The number of hydrogen-bond donors (Lipinski definition) is 1. The molecule has 3 nitrogen and oxygen atoms in total. The molecular weight excluding hydrogens is 265 g/mol. The average molecular weight is 280 g/mol. The smallest absolute Gasteiger partial charge is 0.135 e. The second-order valence-electron chi connectivity index (χ2n) is 4.67. The SMILES string of the molecule is Cc1ccc(F)cc1Nc1cc(Cl)nc(C(C)C)n1. The predicted molar refractivity (Wildman–Crippen MR) is 75.6 cm³/mol. The fraction of sp³-hybridized carbons (Fsp3) is 0.286. The minimum absolute atomic E-state index is 0.174. The number of rotatable bonds is 3. The Morgan fingerprint density at radius 1 is 1.21 bits per heavy atom. The maximum absolute atomic E-state index is 13.2. The monoisotopic (exact) mass is 279 g/mol. The van der Waals surface area contributed by atoms with Crippen LogP contribution in [0, 0.1) is 12.7 Å². The molecule has 0 aliphatic heterocycles. The number of nitrogens with one attached hydrogen (secondary N) is 1. The molecule has 0 aliphatic carbocycles. The van der Waals surface area contributed by atoms with Crippen molar-refractivity contribution >= 4 is 23.1 Å². The summed E-state index contributed by atoms with van der Waals surface area (Å²) >= 11 is 5.97. The first kappa shape index (κ1) is 13.7. The third-order valence-electron chi connectivity index (χ3n) is 2.69. The highest BCUT2D eigenvalue weighted by molar-refractivity contribution is 6.29. The lowest BCUT2D eigenvalue weighted by Gasteiger charge is -2.11. The number of nitrogens with zero attached hydrogens (tertiary/aromatic N) is 2. The van der Waals surface area contributed by atoms with E-state index in [0.29, 0.717) is 22.5 Å². The van der Waals surface area contributed by atoms with E-state index in [-0.39, 0.29) is 11.7 Å². The van der Waals surface area contributed by atoms with Crippen molar-refractivity contribution in [1.82, 2.24) is 9.97 Å². The standard InChI is InChI=1S/C14H15ClFN3/c1-8(2)14-18-12(15)7-13(19-14)17-11-6-10(16)5-4-9(11)3/h4-8H,1-3H3,(H,17,18,19). The van der Waals surface area contributed by atoms with Gasteiger partial charge in [0.2, 0.25) is 0 Å². The summed E-state index contributed by atoms with van der Waals surface area (Å²) in [6, 6.07) is 6.19. The molecule has 0 radical (unpaired) electrons. The maximum Gasteiger partial charge on any atom is 0.135 e. The summed E-state index contributed by atoms with van der Waals surface area (Å²) in [5.74, 6) is 1.10. The minimum atomic E-state index is -0.294. The van der Waals surface area contributed by atoms with Crippen molar-refractivity contribution in [3.8, 4) is 0 Å². The summed E-state index contributed by atoms with van der Waals surface area (Å²) in [7, 11) is 0. The summed E-state index contributed by atoms with van der Waals surface area (Å²) in [6.07, 6.45) is 0. The number of aromatic nitrogens is 2. The van der Waals surface area contributed by atoms with Crippen LogP contribution in [0.4, 0.5) is 15.9 Å². The van der Waals surface area contributed by atoms with Crippen molar-refractivity contribution in [2.24, 2.45) is 0 Å². The molecule has 1 aromatic heterocycles. The molecule has 0 fully saturated rings. The van der Waals surface area contributed by atoms with Gasteiger partial charge in [-0.25, -0.2) is 14.4 Å². The molecule has 0 aliphatic rings. The van der Waals surface area contributed by atoms with Crippen molar-refractivity contribution < 1.29 is 4.39 Å². The van der Waals surface area contributed by atoms with Gasteiger partial charge in [-0.2, -0.15) is 0 Å². The van der Waals surface area contributed by atoms with Gasteiger partial charge in [-0.3, -0.25) is 0 Å². The van der Waals surface area contributed by atoms with E-state index in [0.717, 1.165) is 5.56 Å². The van der Waals surface area contributed by atoms with Gasteiger partial charge >= 0.3 is 0 Å². The first-order chi connectivity index (χ1) is 8.95. The lowest BCUT2D eigenvalue weighted by molar-refractivity contribution is 0.628. The Morgan fingerprint density at radius 3 is 2.63 bits per heavy atom. The van der Waals surface area contributed by atoms with E-state index in [1.54, 1.807) is 12.1 Å². The van der Waals surface area contributed by atoms with Crippen LogP contribution in [0.15, 0.2) is 24.3 Å². The van der Waals surface area contributed by atoms with Crippen molar-refractivity contribution in [1.29, 1.82) is 0 Å². The molecule has 1 N–H and O–H groups in total. The molecule has 2 aromatic rings. The van der Waals surface area contributed by atoms with Crippen LogP contribution in [0.3, 0.4) is 0 Å². The average Bonchev–Trinajstić information content (AvgIpc) is 2.33. The zero-order valence-corrected chi connectivity index (χ0v) is 11.8. The number of aryl methyl sites for hydroxylation is 1. The minimum Gasteiger partial charge on any atom is -0.340 e. The molecule has 0 atom stereocenters. The van der Waals surface area contributed by atoms with E-state index in [1.807, 2.05) is 20.8 Å². The molecule has 0 amide bonds. The molecule has 5 heteroatoms. The quantitative estimate of drug-likeness (QED) is 0.844. The second kappa shape index (κ2) is 5.53. The molecule has 0 bridgehead atoms. The number of hydrogen-bond acceptors (Lipinski definition) is 3. The van der Waals surface area contributed by atoms with Crippen LogP contribution in [0.5, 0.6) is 0 Å². The van der Waals surface area contributed by atoms with Gasteiger partial charge in [0.05, 0.1) is 0 Å². The topological polar surface area (TPSA) is 37.8 Å². The fourth-order valence-corrected chi connectivity index (χ4v) is 1.81. The van der Waals surface area contributed by atoms with E-state index < -0.39 is 0 Å². The Bertz CT molecular complexity index is 599. The van der Waals surface area contributed by atoms with Crippen LogP contribution < -0.4 is 5.32 Å². The highest BCUT2D eigenvalue weighted by atomic mass is 35.5. The van der Waals surface area contributed by atoms with E-state index >= 15 is 0 Å². The first-order valence-corrected chi connectivity index (χ1v) is 6.41. The normalized spacial score (nSPS) is 10.8. The molecule has 100 valence electrons. The lowest BCUT2D eigenvalue weighted by Crippen LogP contribution is -2.03. The van der Waals surface area contributed by atoms with E-state index in [2.05, 4.69) is 15.3 Å². The van der Waals surface area contributed by atoms with Crippen molar-refractivity contribution in [2.45, 2.75) is 26.7 Å². The Kier molecular flexibility index (Phi) is 4.00. The maximum atomic E-state index is 13.2. The third-order valence-corrected chi connectivity index (χ3v) is 2.88. The summed E-state index contributed by atoms with van der Waals surface area (Å²) in [5.41, 5.74) is 1.60. The summed E-state index contributed by atoms with van der Waals surface area (Å²) in [4.78, 5) is 8.53. The lowest BCUT2D eigenvalue weighted by atomic mass is 10.2. The summed E-state index contributed by atoms with van der Waals surface area (Å²) in [5, 5.41) is 3.44. The van der Waals surface area contributed by atoms with Crippen LogP contribution >= 0.6 is 11.6 Å². The summed E-state index contributed by atoms with van der Waals surface area (Å²) < 4.78 is 13.2. The van der Waals surface area contributed by atoms with Crippen LogP contribution in [0.1, 0.15) is 31.2 Å². The van der Waals surface area contributed by atoms with E-state index in [4.69, 9.17) is 11.6 Å². The van der Waals surface area contributed by atoms with Crippen LogP contribution in [-0.2, 0) is 0 Å². The molecular formula is C14H15ClFN3. The second-order valence-corrected chi connectivity index (χ2v) is 5.06. The van der Waals surface area contributed by atoms with Crippen LogP contribution in [-0.4, -0.2) is 9.97 Å². The van der Waals surface area contributed by atoms with Gasteiger partial charge in [0, 0.05) is 17.7 Å². The van der Waals surface area contributed by atoms with E-state index in [1.165, 1.54) is 12.1 Å². The zero-order valence-electron chi connectivity index (χ0n) is 11.0. The predicted octanol–water partition coefficient (Wildman–Crippen LogP) is 4.44. The molecule has 1 aromatic carbocycles. The van der Waals surface area contributed by atoms with Crippen LogP contribution in [0.2, 0.25) is 5.15 Å². The molecule has 2 rings (SSSR count). The number of halogens is 2. The Morgan fingerprint density at radius 2 is 1.95 bits per heavy atom. The Labute approximate surface area is 116 Å². The fourth-order valence-electron chi connectivity index (χ4n) is 1.62. The Hall–Kier alpha value is -1.68. The molecule has 19 heavy (non-hydrogen) atoms. The van der Waals surface area contributed by atoms with Gasteiger partial charge in [0.25, 0.3) is 0 Å². The molecule has 0 saturated carbocycles. The molecule has 1 heterocycles. The van der Waals surface area contributed by atoms with Gasteiger partial charge in [-0.1, -0.05) is 31.5 Å². The largest absolute Gasteiger partial charge is 0.340 e. The molecule has 0 spiro atoms. The highest BCUT2D eigenvalue weighted by Gasteiger charge is 2.08. The van der Waals surface area contributed by atoms with Crippen molar-refractivity contribution in [2.75, 3.05) is 5.32 Å². The van der Waals surface area contributed by atoms with Gasteiger partial charge in [-0.05, 0) is 24.6 Å². The first-order valence-electron chi connectivity index (χ1n) is 6.03. The molecule has 0 unspecified atom stereocenters. The van der Waals surface area contributed by atoms with Crippen LogP contribution in [0.25, 0.3) is 0 Å². The molecule has 0 saturated heterocycles. The third kappa shape index (κ3) is 3.41. The van der Waals surface area contributed by atoms with Crippen molar-refractivity contribution in [3.05, 3.63) is 46.6 Å². The van der Waals surface area contributed by atoms with Gasteiger partial charge in [0.15, 0.2) is 0 Å². The van der Waals surface area contributed by atoms with Gasteiger partial charge in [0.1, 0.15) is 22.6 Å². The highest BCUT2D eigenvalue weighted by Crippen LogP contribution is 2.23. The van der Waals surface area contributed by atoms with E-state index in [9.17, 15) is 4.39 Å². The summed E-state index contributed by atoms with van der Waals surface area (Å²) in [6.45, 7) is 5.87. The van der Waals surface area contributed by atoms with Gasteiger partial charge in [-0.15, -0.1) is 0 Å². The Balaban J connectivity index is 2.35. The van der Waals surface area contributed by atoms with Crippen molar-refractivity contribution in [3.63, 3.8) is 0 Å².